The van der Waals surface area contributed by atoms with Crippen molar-refractivity contribution < 1.29 is 14.7 Å². The molecule has 1 saturated carbocycles. The van der Waals surface area contributed by atoms with E-state index in [9.17, 15) is 9.59 Å². The number of aliphatic carboxylic acids is 1. The SMILES string of the molecule is C=CCN(C(=O)N1CCC(CC(=O)O)CC1)C1CC1. The van der Waals surface area contributed by atoms with Crippen LogP contribution >= 0.6 is 0 Å². The highest BCUT2D eigenvalue weighted by atomic mass is 16.4. The lowest BCUT2D eigenvalue weighted by Gasteiger charge is -2.35. The molecule has 0 aromatic heterocycles. The lowest BCUT2D eigenvalue weighted by atomic mass is 9.94. The number of rotatable bonds is 5. The summed E-state index contributed by atoms with van der Waals surface area (Å²) in [5.41, 5.74) is 0. The molecule has 0 radical (unpaired) electrons. The van der Waals surface area contributed by atoms with Crippen molar-refractivity contribution in [2.45, 2.75) is 38.1 Å². The van der Waals surface area contributed by atoms with E-state index in [2.05, 4.69) is 6.58 Å². The standard InChI is InChI=1S/C14H22N2O3/c1-2-7-16(12-3-4-12)14(19)15-8-5-11(6-9-15)10-13(17)18/h2,11-12H,1,3-10H2,(H,17,18). The van der Waals surface area contributed by atoms with Gasteiger partial charge in [0, 0.05) is 32.1 Å². The number of carboxylic acids is 1. The highest BCUT2D eigenvalue weighted by Gasteiger charge is 2.35. The first-order valence-electron chi connectivity index (χ1n) is 7.00. The molecule has 106 valence electrons. The van der Waals surface area contributed by atoms with Crippen LogP contribution in [-0.2, 0) is 4.79 Å². The van der Waals surface area contributed by atoms with Gasteiger partial charge in [-0.25, -0.2) is 4.79 Å². The third-order valence-corrected chi connectivity index (χ3v) is 3.91. The van der Waals surface area contributed by atoms with Crippen molar-refractivity contribution >= 4 is 12.0 Å². The summed E-state index contributed by atoms with van der Waals surface area (Å²) in [4.78, 5) is 26.8. The van der Waals surface area contributed by atoms with E-state index < -0.39 is 5.97 Å². The number of carbonyl (C=O) groups is 2. The molecular weight excluding hydrogens is 244 g/mol. The summed E-state index contributed by atoms with van der Waals surface area (Å²) in [6.45, 7) is 5.67. The van der Waals surface area contributed by atoms with Gasteiger partial charge in [-0.15, -0.1) is 6.58 Å². The van der Waals surface area contributed by atoms with Gasteiger partial charge in [0.15, 0.2) is 0 Å². The number of urea groups is 1. The van der Waals surface area contributed by atoms with Crippen molar-refractivity contribution in [2.75, 3.05) is 19.6 Å². The van der Waals surface area contributed by atoms with Gasteiger partial charge in [-0.05, 0) is 31.6 Å². The second-order valence-corrected chi connectivity index (χ2v) is 5.48. The molecule has 1 heterocycles. The zero-order valence-corrected chi connectivity index (χ0v) is 11.3. The Bertz CT molecular complexity index is 358. The third kappa shape index (κ3) is 3.72. The maximum atomic E-state index is 12.4. The van der Waals surface area contributed by atoms with Crippen LogP contribution in [0.25, 0.3) is 0 Å². The molecule has 0 aromatic carbocycles. The van der Waals surface area contributed by atoms with Crippen LogP contribution in [0.2, 0.25) is 0 Å². The fraction of sp³-hybridized carbons (Fsp3) is 0.714. The molecule has 0 bridgehead atoms. The fourth-order valence-corrected chi connectivity index (χ4v) is 2.67. The molecule has 0 aromatic rings. The van der Waals surface area contributed by atoms with Crippen molar-refractivity contribution in [1.82, 2.24) is 9.80 Å². The monoisotopic (exact) mass is 266 g/mol. The second kappa shape index (κ2) is 6.08. The van der Waals surface area contributed by atoms with Gasteiger partial charge in [-0.3, -0.25) is 4.79 Å². The van der Waals surface area contributed by atoms with Crippen LogP contribution < -0.4 is 0 Å². The first kappa shape index (κ1) is 13.9. The van der Waals surface area contributed by atoms with E-state index >= 15 is 0 Å². The molecule has 2 amide bonds. The molecule has 0 unspecified atom stereocenters. The average molecular weight is 266 g/mol. The van der Waals surface area contributed by atoms with Crippen molar-refractivity contribution in [3.8, 4) is 0 Å². The van der Waals surface area contributed by atoms with Gasteiger partial charge in [-0.2, -0.15) is 0 Å². The lowest BCUT2D eigenvalue weighted by Crippen LogP contribution is -2.47. The zero-order chi connectivity index (χ0) is 13.8. The third-order valence-electron chi connectivity index (χ3n) is 3.91. The lowest BCUT2D eigenvalue weighted by molar-refractivity contribution is -0.138. The number of likely N-dealkylation sites (tertiary alicyclic amines) is 1. The molecule has 1 aliphatic heterocycles. The molecule has 2 rings (SSSR count). The quantitative estimate of drug-likeness (QED) is 0.774. The molecule has 1 saturated heterocycles. The summed E-state index contributed by atoms with van der Waals surface area (Å²) in [6, 6.07) is 0.485. The van der Waals surface area contributed by atoms with E-state index in [0.717, 1.165) is 25.7 Å². The molecule has 5 heteroatoms. The van der Waals surface area contributed by atoms with E-state index in [-0.39, 0.29) is 18.4 Å². The van der Waals surface area contributed by atoms with E-state index in [1.54, 1.807) is 6.08 Å². The van der Waals surface area contributed by atoms with Gasteiger partial charge >= 0.3 is 12.0 Å². The Balaban J connectivity index is 1.84. The Morgan fingerprint density at radius 1 is 1.26 bits per heavy atom. The predicted molar refractivity (Wildman–Crippen MR) is 71.9 cm³/mol. The van der Waals surface area contributed by atoms with Crippen molar-refractivity contribution in [2.24, 2.45) is 5.92 Å². The number of carbonyl (C=O) groups excluding carboxylic acids is 1. The maximum absolute atomic E-state index is 12.4. The molecule has 2 aliphatic rings. The van der Waals surface area contributed by atoms with Crippen LogP contribution in [0, 0.1) is 5.92 Å². The second-order valence-electron chi connectivity index (χ2n) is 5.48. The minimum atomic E-state index is -0.740. The fourth-order valence-electron chi connectivity index (χ4n) is 2.67. The van der Waals surface area contributed by atoms with E-state index in [4.69, 9.17) is 5.11 Å². The molecule has 2 fully saturated rings. The number of carboxylic acid groups (broad SMARTS) is 1. The summed E-state index contributed by atoms with van der Waals surface area (Å²) >= 11 is 0. The van der Waals surface area contributed by atoms with Gasteiger partial charge in [-0.1, -0.05) is 6.08 Å². The van der Waals surface area contributed by atoms with Crippen LogP contribution in [0.3, 0.4) is 0 Å². The number of amides is 2. The Morgan fingerprint density at radius 3 is 2.37 bits per heavy atom. The van der Waals surface area contributed by atoms with Crippen LogP contribution in [0.4, 0.5) is 4.79 Å². The van der Waals surface area contributed by atoms with Crippen LogP contribution in [-0.4, -0.2) is 52.6 Å². The molecule has 1 N–H and O–H groups in total. The molecule has 5 nitrogen and oxygen atoms in total. The van der Waals surface area contributed by atoms with Gasteiger partial charge < -0.3 is 14.9 Å². The van der Waals surface area contributed by atoms with Gasteiger partial charge in [0.1, 0.15) is 0 Å². The van der Waals surface area contributed by atoms with E-state index in [0.29, 0.717) is 25.7 Å². The molecular formula is C14H22N2O3. The summed E-state index contributed by atoms with van der Waals surface area (Å²) < 4.78 is 0. The minimum Gasteiger partial charge on any atom is -0.481 e. The first-order chi connectivity index (χ1) is 9.11. The molecule has 1 aliphatic carbocycles. The number of hydrogen-bond donors (Lipinski definition) is 1. The summed E-state index contributed by atoms with van der Waals surface area (Å²) in [6.07, 6.45) is 5.77. The Hall–Kier alpha value is -1.52. The van der Waals surface area contributed by atoms with Crippen LogP contribution in [0.1, 0.15) is 32.1 Å². The Morgan fingerprint density at radius 2 is 1.89 bits per heavy atom. The van der Waals surface area contributed by atoms with Crippen molar-refractivity contribution in [3.05, 3.63) is 12.7 Å². The van der Waals surface area contributed by atoms with E-state index in [1.807, 2.05) is 9.80 Å². The van der Waals surface area contributed by atoms with Crippen LogP contribution in [0.5, 0.6) is 0 Å². The predicted octanol–water partition coefficient (Wildman–Crippen LogP) is 1.94. The van der Waals surface area contributed by atoms with Gasteiger partial charge in [0.05, 0.1) is 0 Å². The molecule has 19 heavy (non-hydrogen) atoms. The Labute approximate surface area is 113 Å². The maximum Gasteiger partial charge on any atom is 0.320 e. The molecule has 0 atom stereocenters. The minimum absolute atomic E-state index is 0.0937. The largest absolute Gasteiger partial charge is 0.481 e. The first-order valence-corrected chi connectivity index (χ1v) is 7.00. The summed E-state index contributed by atoms with van der Waals surface area (Å²) in [5.74, 6) is -0.522. The number of piperidine rings is 1. The van der Waals surface area contributed by atoms with Crippen LogP contribution in [0.15, 0.2) is 12.7 Å². The van der Waals surface area contributed by atoms with E-state index in [1.165, 1.54) is 0 Å². The van der Waals surface area contributed by atoms with Gasteiger partial charge in [0.2, 0.25) is 0 Å². The highest BCUT2D eigenvalue weighted by molar-refractivity contribution is 5.75. The number of hydrogen-bond acceptors (Lipinski definition) is 2. The van der Waals surface area contributed by atoms with Crippen molar-refractivity contribution in [3.63, 3.8) is 0 Å². The normalized spacial score (nSPS) is 20.1. The van der Waals surface area contributed by atoms with Crippen molar-refractivity contribution in [1.29, 1.82) is 0 Å². The molecule has 0 spiro atoms. The topological polar surface area (TPSA) is 60.9 Å². The smallest absolute Gasteiger partial charge is 0.320 e. The summed E-state index contributed by atoms with van der Waals surface area (Å²) in [5, 5.41) is 8.78. The zero-order valence-electron chi connectivity index (χ0n) is 11.3. The average Bonchev–Trinajstić information content (AvgIpc) is 3.19. The van der Waals surface area contributed by atoms with Gasteiger partial charge in [0.25, 0.3) is 0 Å². The Kier molecular flexibility index (Phi) is 4.45. The number of nitrogens with zero attached hydrogens (tertiary/aromatic N) is 2. The highest BCUT2D eigenvalue weighted by Crippen LogP contribution is 2.29. The summed E-state index contributed by atoms with van der Waals surface area (Å²) in [7, 11) is 0.